The third kappa shape index (κ3) is 9.83. The average molecular weight is 382 g/mol. The number of aromatic amines is 2. The number of carbonyl (C=O) groups is 1. The number of hydrogen-bond acceptors (Lipinski definition) is 5. The van der Waals surface area contributed by atoms with Crippen molar-refractivity contribution in [2.24, 2.45) is 0 Å². The average Bonchev–Trinajstić information content (AvgIpc) is 3.46. The van der Waals surface area contributed by atoms with Crippen LogP contribution in [0.5, 0.6) is 0 Å². The molecule has 3 aromatic heterocycles. The summed E-state index contributed by atoms with van der Waals surface area (Å²) in [5.74, 6) is -0.782. The number of carboxylic acid groups (broad SMARTS) is 1. The highest BCUT2D eigenvalue weighted by atomic mass is 16.4. The van der Waals surface area contributed by atoms with Crippen molar-refractivity contribution in [2.45, 2.75) is 13.0 Å². The van der Waals surface area contributed by atoms with Crippen LogP contribution in [0.1, 0.15) is 6.92 Å². The molecule has 3 heterocycles. The molecule has 4 rings (SSSR count). The summed E-state index contributed by atoms with van der Waals surface area (Å²) in [5, 5.41) is 9.51. The maximum absolute atomic E-state index is 10.1. The lowest BCUT2D eigenvalue weighted by molar-refractivity contribution is -0.141. The van der Waals surface area contributed by atoms with Crippen molar-refractivity contribution in [1.82, 2.24) is 29.8 Å². The topological polar surface area (TPSA) is 111 Å². The molecule has 0 amide bonds. The van der Waals surface area contributed by atoms with Gasteiger partial charge in [-0.1, -0.05) is 24.3 Å². The van der Waals surface area contributed by atoms with Crippen LogP contribution in [-0.2, 0) is 4.79 Å². The lowest BCUT2D eigenvalue weighted by Gasteiger charge is -2.13. The second kappa shape index (κ2) is 13.7. The Kier molecular flexibility index (Phi) is 11.0. The van der Waals surface area contributed by atoms with Crippen molar-refractivity contribution in [3.05, 3.63) is 80.0 Å². The van der Waals surface area contributed by atoms with Crippen molar-refractivity contribution in [3.63, 3.8) is 0 Å². The standard InChI is InChI=1S/C9H7N.C5H11NO2.2C3H4N2/c1-2-6-9-8(4-1)5-3-7-10-9;1-4(5(7)8)6(2)3;2*1-2-5-3-4-1/h1-7H;4H,1-3H3,(H,7,8);2*1-3H,(H,4,5). The number of aromatic nitrogens is 5. The third-order valence-electron chi connectivity index (χ3n) is 3.46. The van der Waals surface area contributed by atoms with Gasteiger partial charge in [-0.3, -0.25) is 14.7 Å². The molecule has 1 aromatic carbocycles. The zero-order valence-electron chi connectivity index (χ0n) is 16.2. The third-order valence-corrected chi connectivity index (χ3v) is 3.46. The number of nitrogens with zero attached hydrogens (tertiary/aromatic N) is 4. The molecule has 4 aromatic rings. The number of aliphatic carboxylic acids is 1. The summed E-state index contributed by atoms with van der Waals surface area (Å²) >= 11 is 0. The van der Waals surface area contributed by atoms with Gasteiger partial charge in [0.05, 0.1) is 18.2 Å². The van der Waals surface area contributed by atoms with Crippen LogP contribution in [0.4, 0.5) is 0 Å². The van der Waals surface area contributed by atoms with E-state index in [1.807, 2.05) is 30.5 Å². The number of H-pyrrole nitrogens is 2. The van der Waals surface area contributed by atoms with Gasteiger partial charge >= 0.3 is 5.97 Å². The number of benzene rings is 1. The van der Waals surface area contributed by atoms with Crippen LogP contribution in [-0.4, -0.2) is 61.0 Å². The Morgan fingerprint density at radius 1 is 0.964 bits per heavy atom. The van der Waals surface area contributed by atoms with Crippen LogP contribution in [0.2, 0.25) is 0 Å². The summed E-state index contributed by atoms with van der Waals surface area (Å²) in [7, 11) is 3.47. The fraction of sp³-hybridized carbons (Fsp3) is 0.200. The minimum absolute atomic E-state index is 0.380. The quantitative estimate of drug-likeness (QED) is 0.491. The van der Waals surface area contributed by atoms with Crippen LogP contribution < -0.4 is 0 Å². The summed E-state index contributed by atoms with van der Waals surface area (Å²) in [5.41, 5.74) is 1.06. The molecular weight excluding hydrogens is 356 g/mol. The Hall–Kier alpha value is -3.52. The van der Waals surface area contributed by atoms with Gasteiger partial charge in [0.25, 0.3) is 0 Å². The highest BCUT2D eigenvalue weighted by Crippen LogP contribution is 2.07. The highest BCUT2D eigenvalue weighted by molar-refractivity contribution is 5.77. The highest BCUT2D eigenvalue weighted by Gasteiger charge is 2.11. The minimum Gasteiger partial charge on any atom is -0.480 e. The molecule has 0 saturated carbocycles. The van der Waals surface area contributed by atoms with Crippen molar-refractivity contribution in [3.8, 4) is 0 Å². The number of fused-ring (bicyclic) bond motifs is 1. The summed E-state index contributed by atoms with van der Waals surface area (Å²) < 4.78 is 0. The first-order valence-electron chi connectivity index (χ1n) is 8.57. The number of pyridine rings is 1. The number of nitrogens with one attached hydrogen (secondary N) is 2. The minimum atomic E-state index is -0.782. The van der Waals surface area contributed by atoms with Crippen LogP contribution in [0.3, 0.4) is 0 Å². The molecule has 0 fully saturated rings. The molecule has 0 aliphatic rings. The van der Waals surface area contributed by atoms with Gasteiger partial charge in [-0.2, -0.15) is 0 Å². The molecule has 0 saturated heterocycles. The van der Waals surface area contributed by atoms with Crippen LogP contribution in [0.25, 0.3) is 10.9 Å². The van der Waals surface area contributed by atoms with E-state index < -0.39 is 5.97 Å². The van der Waals surface area contributed by atoms with Crippen molar-refractivity contribution in [1.29, 1.82) is 0 Å². The summed E-state index contributed by atoms with van der Waals surface area (Å²) in [6.45, 7) is 1.64. The number of para-hydroxylation sites is 1. The zero-order valence-corrected chi connectivity index (χ0v) is 16.2. The Labute approximate surface area is 164 Å². The Bertz CT molecular complexity index is 737. The number of imidazole rings is 2. The fourth-order valence-corrected chi connectivity index (χ4v) is 1.67. The summed E-state index contributed by atoms with van der Waals surface area (Å²) in [6.07, 6.45) is 12.0. The van der Waals surface area contributed by atoms with E-state index in [4.69, 9.17) is 5.11 Å². The van der Waals surface area contributed by atoms with Gasteiger partial charge in [-0.05, 0) is 33.2 Å². The van der Waals surface area contributed by atoms with E-state index in [2.05, 4.69) is 37.1 Å². The molecule has 28 heavy (non-hydrogen) atoms. The lowest BCUT2D eigenvalue weighted by atomic mass is 10.2. The summed E-state index contributed by atoms with van der Waals surface area (Å²) in [6, 6.07) is 11.7. The molecule has 0 aliphatic heterocycles. The monoisotopic (exact) mass is 382 g/mol. The van der Waals surface area contributed by atoms with Crippen molar-refractivity contribution < 1.29 is 9.90 Å². The van der Waals surface area contributed by atoms with Crippen molar-refractivity contribution >= 4 is 16.9 Å². The van der Waals surface area contributed by atoms with Gasteiger partial charge < -0.3 is 15.1 Å². The number of likely N-dealkylation sites (N-methyl/N-ethyl adjacent to an activating group) is 1. The predicted octanol–water partition coefficient (Wildman–Crippen LogP) is 3.08. The second-order valence-electron chi connectivity index (χ2n) is 5.70. The van der Waals surface area contributed by atoms with Crippen LogP contribution >= 0.6 is 0 Å². The first-order valence-corrected chi connectivity index (χ1v) is 8.57. The normalized spacial score (nSPS) is 10.4. The molecule has 1 atom stereocenters. The Balaban J connectivity index is 0.000000195. The van der Waals surface area contributed by atoms with E-state index in [-0.39, 0.29) is 6.04 Å². The smallest absolute Gasteiger partial charge is 0.320 e. The van der Waals surface area contributed by atoms with E-state index >= 15 is 0 Å². The maximum Gasteiger partial charge on any atom is 0.320 e. The van der Waals surface area contributed by atoms with Crippen LogP contribution in [0, 0.1) is 0 Å². The van der Waals surface area contributed by atoms with E-state index in [0.29, 0.717) is 0 Å². The molecule has 1 unspecified atom stereocenters. The predicted molar refractivity (Wildman–Crippen MR) is 110 cm³/mol. The first-order chi connectivity index (χ1) is 13.5. The molecule has 0 bridgehead atoms. The fourth-order valence-electron chi connectivity index (χ4n) is 1.67. The van der Waals surface area contributed by atoms with Crippen molar-refractivity contribution in [2.75, 3.05) is 14.1 Å². The largest absolute Gasteiger partial charge is 0.480 e. The molecule has 148 valence electrons. The molecular formula is C20H26N6O2. The van der Waals surface area contributed by atoms with E-state index in [9.17, 15) is 4.79 Å². The molecule has 0 aliphatic carbocycles. The first kappa shape index (κ1) is 22.5. The lowest BCUT2D eigenvalue weighted by Crippen LogP contribution is -2.32. The Morgan fingerprint density at radius 2 is 1.54 bits per heavy atom. The van der Waals surface area contributed by atoms with E-state index in [0.717, 1.165) is 5.52 Å². The van der Waals surface area contributed by atoms with Gasteiger partial charge in [-0.15, -0.1) is 0 Å². The van der Waals surface area contributed by atoms with Gasteiger partial charge in [0, 0.05) is 36.4 Å². The molecule has 8 heteroatoms. The SMILES string of the molecule is CC(C(=O)O)N(C)C.c1c[nH]cn1.c1c[nH]cn1.c1ccc2ncccc2c1. The van der Waals surface area contributed by atoms with Crippen LogP contribution in [0.15, 0.2) is 80.0 Å². The van der Waals surface area contributed by atoms with E-state index in [1.165, 1.54) is 5.39 Å². The molecule has 0 spiro atoms. The van der Waals surface area contributed by atoms with Gasteiger partial charge in [0.15, 0.2) is 0 Å². The maximum atomic E-state index is 10.1. The van der Waals surface area contributed by atoms with Gasteiger partial charge in [0.1, 0.15) is 6.04 Å². The van der Waals surface area contributed by atoms with Gasteiger partial charge in [0.2, 0.25) is 0 Å². The second-order valence-corrected chi connectivity index (χ2v) is 5.70. The Morgan fingerprint density at radius 3 is 1.89 bits per heavy atom. The zero-order chi connectivity index (χ0) is 20.6. The number of carboxylic acids is 1. The summed E-state index contributed by atoms with van der Waals surface area (Å²) in [4.78, 5) is 28.8. The molecule has 8 nitrogen and oxygen atoms in total. The molecule has 0 radical (unpaired) electrons. The number of hydrogen-bond donors (Lipinski definition) is 3. The van der Waals surface area contributed by atoms with E-state index in [1.54, 1.807) is 63.4 Å². The molecule has 3 N–H and O–H groups in total. The number of rotatable bonds is 2. The van der Waals surface area contributed by atoms with Gasteiger partial charge in [-0.25, -0.2) is 9.97 Å².